The quantitative estimate of drug-likeness (QED) is 0.638. The molecule has 0 saturated heterocycles. The van der Waals surface area contributed by atoms with Crippen molar-refractivity contribution in [2.24, 2.45) is 0 Å². The Morgan fingerprint density at radius 3 is 3.11 bits per heavy atom. The maximum atomic E-state index is 8.37. The van der Waals surface area contributed by atoms with Crippen LogP contribution in [0.4, 0.5) is 0 Å². The fraction of sp³-hybridized carbons (Fsp3) is 0.143. The number of nitrogens with zero attached hydrogens (tertiary/aromatic N) is 1. The average molecular weight is 122 g/mol. The summed E-state index contributed by atoms with van der Waals surface area (Å²) in [5.74, 6) is 0. The van der Waals surface area contributed by atoms with Crippen LogP contribution in [0.5, 0.6) is 0 Å². The maximum Gasteiger partial charge on any atom is 0.0843 e. The van der Waals surface area contributed by atoms with Crippen molar-refractivity contribution in [3.63, 3.8) is 0 Å². The highest BCUT2D eigenvalue weighted by molar-refractivity contribution is 5.09. The largest absolute Gasteiger partial charge is 0.390 e. The van der Waals surface area contributed by atoms with Crippen molar-refractivity contribution in [2.45, 2.75) is 6.42 Å². The fourth-order valence-electron chi connectivity index (χ4n) is 0.624. The summed E-state index contributed by atoms with van der Waals surface area (Å²) >= 11 is 0. The second kappa shape index (κ2) is 3.20. The molecule has 1 rings (SSSR count). The molecular weight excluding hydrogens is 114 g/mol. The summed E-state index contributed by atoms with van der Waals surface area (Å²) in [4.78, 5) is 3.87. The lowest BCUT2D eigenvalue weighted by Gasteiger charge is -1.92. The highest BCUT2D eigenvalue weighted by atomic mass is 16.2. The van der Waals surface area contributed by atoms with E-state index in [-0.39, 0.29) is 0 Å². The van der Waals surface area contributed by atoms with Crippen molar-refractivity contribution in [2.75, 3.05) is 0 Å². The molecule has 2 heteroatoms. The van der Waals surface area contributed by atoms with Crippen molar-refractivity contribution < 1.29 is 5.11 Å². The molecule has 0 spiro atoms. The number of hydrogen-bond donors (Lipinski definition) is 1. The molecular formula is C7H8NO. The van der Waals surface area contributed by atoms with Crippen LogP contribution < -0.4 is 0 Å². The summed E-state index contributed by atoms with van der Waals surface area (Å²) in [7, 11) is 0. The average Bonchev–Trinajstić information content (AvgIpc) is 1.91. The lowest BCUT2D eigenvalue weighted by molar-refractivity contribution is 0.385. The van der Waals surface area contributed by atoms with E-state index in [2.05, 4.69) is 4.98 Å². The van der Waals surface area contributed by atoms with Gasteiger partial charge in [0, 0.05) is 18.8 Å². The highest BCUT2D eigenvalue weighted by Gasteiger charge is 1.87. The van der Waals surface area contributed by atoms with Gasteiger partial charge in [-0.25, -0.2) is 0 Å². The van der Waals surface area contributed by atoms with E-state index >= 15 is 0 Å². The third-order valence-corrected chi connectivity index (χ3v) is 1.05. The highest BCUT2D eigenvalue weighted by Crippen LogP contribution is 1.96. The monoisotopic (exact) mass is 122 g/mol. The van der Waals surface area contributed by atoms with Crippen LogP contribution in [0.1, 0.15) is 5.56 Å². The van der Waals surface area contributed by atoms with Crippen molar-refractivity contribution in [3.05, 3.63) is 36.7 Å². The fourth-order valence-corrected chi connectivity index (χ4v) is 0.624. The van der Waals surface area contributed by atoms with Crippen LogP contribution >= 0.6 is 0 Å². The molecule has 0 fully saturated rings. The first kappa shape index (κ1) is 6.23. The van der Waals surface area contributed by atoms with Gasteiger partial charge >= 0.3 is 0 Å². The zero-order valence-corrected chi connectivity index (χ0v) is 4.99. The molecule has 1 N–H and O–H groups in total. The zero-order valence-electron chi connectivity index (χ0n) is 4.99. The summed E-state index contributed by atoms with van der Waals surface area (Å²) in [6.07, 6.45) is 4.02. The van der Waals surface area contributed by atoms with E-state index in [1.807, 2.05) is 12.1 Å². The van der Waals surface area contributed by atoms with Gasteiger partial charge in [0.2, 0.25) is 0 Å². The van der Waals surface area contributed by atoms with Gasteiger partial charge in [0.05, 0.1) is 6.61 Å². The molecule has 0 saturated carbocycles. The number of aliphatic hydroxyl groups excluding tert-OH is 1. The Kier molecular flexibility index (Phi) is 2.22. The normalized spacial score (nSPS) is 9.44. The minimum absolute atomic E-state index is 0.577. The summed E-state index contributed by atoms with van der Waals surface area (Å²) in [5.41, 5.74) is 1.03. The van der Waals surface area contributed by atoms with E-state index in [4.69, 9.17) is 5.11 Å². The molecule has 0 aliphatic carbocycles. The molecule has 0 aliphatic rings. The Hall–Kier alpha value is -0.890. The Morgan fingerprint density at radius 1 is 1.67 bits per heavy atom. The molecule has 47 valence electrons. The summed E-state index contributed by atoms with van der Waals surface area (Å²) in [5, 5.41) is 8.37. The van der Waals surface area contributed by atoms with Crippen molar-refractivity contribution >= 4 is 0 Å². The first-order chi connectivity index (χ1) is 4.43. The van der Waals surface area contributed by atoms with E-state index in [0.29, 0.717) is 6.42 Å². The van der Waals surface area contributed by atoms with Gasteiger partial charge < -0.3 is 5.11 Å². The van der Waals surface area contributed by atoms with Crippen molar-refractivity contribution in [1.29, 1.82) is 0 Å². The predicted molar refractivity (Wildman–Crippen MR) is 34.2 cm³/mol. The Morgan fingerprint density at radius 2 is 2.56 bits per heavy atom. The van der Waals surface area contributed by atoms with Crippen molar-refractivity contribution in [1.82, 2.24) is 4.98 Å². The third-order valence-electron chi connectivity index (χ3n) is 1.05. The van der Waals surface area contributed by atoms with Crippen LogP contribution in [-0.4, -0.2) is 10.1 Å². The van der Waals surface area contributed by atoms with E-state index in [0.717, 1.165) is 12.2 Å². The van der Waals surface area contributed by atoms with Gasteiger partial charge in [-0.2, -0.15) is 0 Å². The van der Waals surface area contributed by atoms with Gasteiger partial charge in [-0.15, -0.1) is 0 Å². The summed E-state index contributed by atoms with van der Waals surface area (Å²) < 4.78 is 0. The molecule has 2 nitrogen and oxygen atoms in total. The van der Waals surface area contributed by atoms with Crippen LogP contribution in [0.2, 0.25) is 0 Å². The van der Waals surface area contributed by atoms with Gasteiger partial charge in [0.15, 0.2) is 0 Å². The van der Waals surface area contributed by atoms with E-state index in [1.165, 1.54) is 0 Å². The second-order valence-corrected chi connectivity index (χ2v) is 1.75. The van der Waals surface area contributed by atoms with Crippen LogP contribution in [0, 0.1) is 6.61 Å². The van der Waals surface area contributed by atoms with Crippen LogP contribution in [0.3, 0.4) is 0 Å². The molecule has 1 radical (unpaired) electrons. The van der Waals surface area contributed by atoms with E-state index < -0.39 is 0 Å². The lowest BCUT2D eigenvalue weighted by atomic mass is 10.2. The Labute approximate surface area is 54.2 Å². The van der Waals surface area contributed by atoms with E-state index in [1.54, 1.807) is 12.4 Å². The molecule has 1 heterocycles. The Bertz CT molecular complexity index is 162. The number of rotatable bonds is 2. The molecule has 9 heavy (non-hydrogen) atoms. The Balaban J connectivity index is 2.61. The van der Waals surface area contributed by atoms with Crippen LogP contribution in [0.25, 0.3) is 0 Å². The number of aromatic nitrogens is 1. The lowest BCUT2D eigenvalue weighted by Crippen LogP contribution is -1.84. The standard InChI is InChI=1S/C7H8NO/c9-5-3-7-2-1-4-8-6-7/h1-2,4-6,9H,3H2. The minimum atomic E-state index is 0.577. The second-order valence-electron chi connectivity index (χ2n) is 1.75. The number of hydrogen-bond acceptors (Lipinski definition) is 2. The van der Waals surface area contributed by atoms with Crippen LogP contribution in [0.15, 0.2) is 24.5 Å². The van der Waals surface area contributed by atoms with Gasteiger partial charge in [-0.1, -0.05) is 6.07 Å². The first-order valence-electron chi connectivity index (χ1n) is 2.78. The van der Waals surface area contributed by atoms with Gasteiger partial charge in [-0.05, 0) is 11.6 Å². The molecule has 0 unspecified atom stereocenters. The molecule has 0 aromatic carbocycles. The smallest absolute Gasteiger partial charge is 0.0843 e. The summed E-state index contributed by atoms with van der Waals surface area (Å²) in [6, 6.07) is 3.76. The topological polar surface area (TPSA) is 33.1 Å². The van der Waals surface area contributed by atoms with Gasteiger partial charge in [0.25, 0.3) is 0 Å². The summed E-state index contributed by atoms with van der Waals surface area (Å²) in [6.45, 7) is 1.12. The van der Waals surface area contributed by atoms with Gasteiger partial charge in [0.1, 0.15) is 0 Å². The first-order valence-corrected chi connectivity index (χ1v) is 2.78. The number of aliphatic hydroxyl groups is 1. The molecule has 0 bridgehead atoms. The van der Waals surface area contributed by atoms with E-state index in [9.17, 15) is 0 Å². The number of pyridine rings is 1. The molecule has 0 amide bonds. The van der Waals surface area contributed by atoms with Crippen molar-refractivity contribution in [3.8, 4) is 0 Å². The predicted octanol–water partition coefficient (Wildman–Crippen LogP) is 1.16. The maximum absolute atomic E-state index is 8.37. The zero-order chi connectivity index (χ0) is 6.53. The minimum Gasteiger partial charge on any atom is -0.390 e. The van der Waals surface area contributed by atoms with Crippen LogP contribution in [-0.2, 0) is 6.42 Å². The molecule has 0 atom stereocenters. The molecule has 1 aromatic heterocycles. The SMILES string of the molecule is O[CH]Cc1cccnc1. The molecule has 1 aromatic rings. The molecule has 0 aliphatic heterocycles. The van der Waals surface area contributed by atoms with Gasteiger partial charge in [-0.3, -0.25) is 4.98 Å². The third kappa shape index (κ3) is 1.82.